The molecule has 2 N–H and O–H groups in total. The molecule has 0 aliphatic carbocycles. The molecule has 0 unspecified atom stereocenters. The second-order valence-corrected chi connectivity index (χ2v) is 4.27. The van der Waals surface area contributed by atoms with E-state index in [4.69, 9.17) is 5.73 Å². The minimum absolute atomic E-state index is 0.0290. The minimum atomic E-state index is -0.0290. The first-order valence-corrected chi connectivity index (χ1v) is 5.79. The van der Waals surface area contributed by atoms with Crippen molar-refractivity contribution in [1.82, 2.24) is 0 Å². The number of amides is 1. The van der Waals surface area contributed by atoms with Gasteiger partial charge < -0.3 is 10.6 Å². The Morgan fingerprint density at radius 2 is 1.83 bits per heavy atom. The van der Waals surface area contributed by atoms with Crippen molar-refractivity contribution in [1.29, 1.82) is 0 Å². The fourth-order valence-corrected chi connectivity index (χ4v) is 1.84. The van der Waals surface area contributed by atoms with Crippen LogP contribution in [0.3, 0.4) is 0 Å². The average molecular weight is 240 g/mol. The fraction of sp³-hybridized carbons (Fsp3) is 0.133. The maximum atomic E-state index is 12.4. The van der Waals surface area contributed by atoms with Gasteiger partial charge in [-0.2, -0.15) is 0 Å². The lowest BCUT2D eigenvalue weighted by atomic mass is 10.1. The molecule has 3 nitrogen and oxygen atoms in total. The van der Waals surface area contributed by atoms with Crippen LogP contribution in [0.1, 0.15) is 15.9 Å². The lowest BCUT2D eigenvalue weighted by Gasteiger charge is -2.18. The second kappa shape index (κ2) is 4.92. The molecule has 2 aromatic rings. The molecule has 3 heteroatoms. The van der Waals surface area contributed by atoms with E-state index in [0.717, 1.165) is 11.3 Å². The number of hydrogen-bond acceptors (Lipinski definition) is 2. The van der Waals surface area contributed by atoms with Crippen molar-refractivity contribution in [3.63, 3.8) is 0 Å². The van der Waals surface area contributed by atoms with E-state index in [1.807, 2.05) is 43.3 Å². The van der Waals surface area contributed by atoms with Gasteiger partial charge in [0.05, 0.1) is 0 Å². The zero-order valence-corrected chi connectivity index (χ0v) is 10.6. The summed E-state index contributed by atoms with van der Waals surface area (Å²) in [5, 5.41) is 0. The summed E-state index contributed by atoms with van der Waals surface area (Å²) >= 11 is 0. The summed E-state index contributed by atoms with van der Waals surface area (Å²) in [5.41, 5.74) is 8.85. The predicted octanol–water partition coefficient (Wildman–Crippen LogP) is 2.85. The predicted molar refractivity (Wildman–Crippen MR) is 74.8 cm³/mol. The molecule has 0 bridgehead atoms. The highest BCUT2D eigenvalue weighted by Crippen LogP contribution is 2.19. The van der Waals surface area contributed by atoms with Crippen molar-refractivity contribution in [2.24, 2.45) is 0 Å². The number of aryl methyl sites for hydroxylation is 1. The molecule has 0 radical (unpaired) electrons. The number of hydrogen-bond donors (Lipinski definition) is 1. The normalized spacial score (nSPS) is 10.1. The molecule has 2 aromatic carbocycles. The lowest BCUT2D eigenvalue weighted by molar-refractivity contribution is 0.0992. The molecule has 0 aromatic heterocycles. The number of nitrogens with two attached hydrogens (primary N) is 1. The molecule has 0 aliphatic rings. The number of nitrogens with zero attached hydrogens (tertiary/aromatic N) is 1. The molecule has 0 fully saturated rings. The van der Waals surface area contributed by atoms with Crippen LogP contribution >= 0.6 is 0 Å². The number of carbonyl (C=O) groups excluding carboxylic acids is 1. The topological polar surface area (TPSA) is 46.3 Å². The molecule has 0 spiro atoms. The largest absolute Gasteiger partial charge is 0.399 e. The van der Waals surface area contributed by atoms with Crippen molar-refractivity contribution in [2.75, 3.05) is 17.7 Å². The first kappa shape index (κ1) is 12.2. The molecule has 0 atom stereocenters. The molecule has 0 aliphatic heterocycles. The summed E-state index contributed by atoms with van der Waals surface area (Å²) in [7, 11) is 1.75. The molecule has 2 rings (SSSR count). The monoisotopic (exact) mass is 240 g/mol. The van der Waals surface area contributed by atoms with Crippen LogP contribution < -0.4 is 10.6 Å². The Morgan fingerprint density at radius 1 is 1.11 bits per heavy atom. The molecule has 92 valence electrons. The summed E-state index contributed by atoms with van der Waals surface area (Å²) < 4.78 is 0. The molecular formula is C15H16N2O. The molecule has 0 heterocycles. The molecule has 0 saturated carbocycles. The summed E-state index contributed by atoms with van der Waals surface area (Å²) in [4.78, 5) is 14.0. The van der Waals surface area contributed by atoms with E-state index >= 15 is 0 Å². The van der Waals surface area contributed by atoms with Gasteiger partial charge in [-0.15, -0.1) is 0 Å². The van der Waals surface area contributed by atoms with E-state index in [1.165, 1.54) is 0 Å². The van der Waals surface area contributed by atoms with E-state index in [2.05, 4.69) is 0 Å². The van der Waals surface area contributed by atoms with Gasteiger partial charge in [-0.1, -0.05) is 24.3 Å². The number of nitrogen functional groups attached to an aromatic ring is 1. The Labute approximate surface area is 107 Å². The Kier molecular flexibility index (Phi) is 3.33. The minimum Gasteiger partial charge on any atom is -0.399 e. The van der Waals surface area contributed by atoms with E-state index in [1.54, 1.807) is 24.1 Å². The van der Waals surface area contributed by atoms with Crippen LogP contribution in [-0.4, -0.2) is 13.0 Å². The summed E-state index contributed by atoms with van der Waals surface area (Å²) in [6, 6.07) is 14.9. The lowest BCUT2D eigenvalue weighted by Crippen LogP contribution is -2.26. The first-order valence-electron chi connectivity index (χ1n) is 5.79. The van der Waals surface area contributed by atoms with Gasteiger partial charge in [0.25, 0.3) is 5.91 Å². The van der Waals surface area contributed by atoms with Crippen molar-refractivity contribution < 1.29 is 4.79 Å². The van der Waals surface area contributed by atoms with Gasteiger partial charge in [-0.3, -0.25) is 4.79 Å². The van der Waals surface area contributed by atoms with Crippen molar-refractivity contribution in [2.45, 2.75) is 6.92 Å². The van der Waals surface area contributed by atoms with E-state index in [9.17, 15) is 4.79 Å². The highest BCUT2D eigenvalue weighted by molar-refractivity contribution is 6.06. The van der Waals surface area contributed by atoms with Crippen LogP contribution in [0.25, 0.3) is 0 Å². The smallest absolute Gasteiger partial charge is 0.258 e. The second-order valence-electron chi connectivity index (χ2n) is 4.27. The first-order chi connectivity index (χ1) is 8.59. The third-order valence-corrected chi connectivity index (χ3v) is 2.94. The molecule has 0 saturated heterocycles. The van der Waals surface area contributed by atoms with Crippen LogP contribution in [-0.2, 0) is 0 Å². The molecular weight excluding hydrogens is 224 g/mol. The zero-order valence-electron chi connectivity index (χ0n) is 10.6. The third-order valence-electron chi connectivity index (χ3n) is 2.94. The van der Waals surface area contributed by atoms with Gasteiger partial charge in [-0.25, -0.2) is 0 Å². The fourth-order valence-electron chi connectivity index (χ4n) is 1.84. The van der Waals surface area contributed by atoms with E-state index < -0.39 is 0 Å². The summed E-state index contributed by atoms with van der Waals surface area (Å²) in [5.74, 6) is -0.0290. The van der Waals surface area contributed by atoms with Gasteiger partial charge in [-0.05, 0) is 36.8 Å². The summed E-state index contributed by atoms with van der Waals surface area (Å²) in [6.45, 7) is 1.93. The zero-order chi connectivity index (χ0) is 13.1. The SMILES string of the molecule is Cc1ccccc1C(=O)N(C)c1cccc(N)c1. The van der Waals surface area contributed by atoms with Gasteiger partial charge in [0.15, 0.2) is 0 Å². The van der Waals surface area contributed by atoms with Gasteiger partial charge >= 0.3 is 0 Å². The van der Waals surface area contributed by atoms with Crippen LogP contribution in [0.4, 0.5) is 11.4 Å². The van der Waals surface area contributed by atoms with Crippen molar-refractivity contribution >= 4 is 17.3 Å². The number of anilines is 2. The number of rotatable bonds is 2. The number of carbonyl (C=O) groups is 1. The highest BCUT2D eigenvalue weighted by atomic mass is 16.2. The third kappa shape index (κ3) is 2.35. The summed E-state index contributed by atoms with van der Waals surface area (Å²) in [6.07, 6.45) is 0. The highest BCUT2D eigenvalue weighted by Gasteiger charge is 2.14. The standard InChI is InChI=1S/C15H16N2O/c1-11-6-3-4-9-14(11)15(18)17(2)13-8-5-7-12(16)10-13/h3-10H,16H2,1-2H3. The maximum absolute atomic E-state index is 12.4. The average Bonchev–Trinajstić information content (AvgIpc) is 2.37. The van der Waals surface area contributed by atoms with Crippen molar-refractivity contribution in [3.05, 3.63) is 59.7 Å². The Balaban J connectivity index is 2.32. The van der Waals surface area contributed by atoms with Crippen LogP contribution in [0.5, 0.6) is 0 Å². The quantitative estimate of drug-likeness (QED) is 0.820. The van der Waals surface area contributed by atoms with Crippen LogP contribution in [0.2, 0.25) is 0 Å². The Morgan fingerprint density at radius 3 is 2.50 bits per heavy atom. The number of benzene rings is 2. The van der Waals surface area contributed by atoms with Gasteiger partial charge in [0, 0.05) is 24.0 Å². The van der Waals surface area contributed by atoms with E-state index in [-0.39, 0.29) is 5.91 Å². The van der Waals surface area contributed by atoms with Gasteiger partial charge in [0.2, 0.25) is 0 Å². The van der Waals surface area contributed by atoms with Crippen LogP contribution in [0, 0.1) is 6.92 Å². The van der Waals surface area contributed by atoms with Gasteiger partial charge in [0.1, 0.15) is 0 Å². The Hall–Kier alpha value is -2.29. The molecule has 1 amide bonds. The Bertz CT molecular complexity index is 578. The maximum Gasteiger partial charge on any atom is 0.258 e. The molecule has 18 heavy (non-hydrogen) atoms. The van der Waals surface area contributed by atoms with E-state index in [0.29, 0.717) is 11.3 Å². The van der Waals surface area contributed by atoms with Crippen molar-refractivity contribution in [3.8, 4) is 0 Å². The van der Waals surface area contributed by atoms with Crippen LogP contribution in [0.15, 0.2) is 48.5 Å².